The summed E-state index contributed by atoms with van der Waals surface area (Å²) in [5, 5.41) is 12.1. The first-order valence-corrected chi connectivity index (χ1v) is 8.16. The van der Waals surface area contributed by atoms with Crippen LogP contribution in [0.1, 0.15) is 29.1 Å². The Balaban J connectivity index is 1.86. The van der Waals surface area contributed by atoms with Gasteiger partial charge in [-0.25, -0.2) is 9.78 Å². The van der Waals surface area contributed by atoms with Crippen molar-refractivity contribution in [2.24, 2.45) is 0 Å². The molecule has 22 heavy (non-hydrogen) atoms. The van der Waals surface area contributed by atoms with Crippen molar-refractivity contribution < 1.29 is 19.1 Å². The number of carboxylic acid groups (broad SMARTS) is 1. The molecule has 0 radical (unpaired) electrons. The first-order chi connectivity index (χ1) is 10.5. The van der Waals surface area contributed by atoms with Crippen molar-refractivity contribution in [1.29, 1.82) is 0 Å². The van der Waals surface area contributed by atoms with Crippen molar-refractivity contribution in [3.8, 4) is 0 Å². The molecule has 0 aromatic carbocycles. The lowest BCUT2D eigenvalue weighted by Crippen LogP contribution is -2.56. The number of aryl methyl sites for hydroxylation is 1. The Hall–Kier alpha value is -2.02. The van der Waals surface area contributed by atoms with Crippen LogP contribution in [0.5, 0.6) is 0 Å². The third-order valence-electron chi connectivity index (χ3n) is 3.85. The first kappa shape index (κ1) is 14.9. The number of aliphatic carboxylic acids is 1. The molecule has 1 saturated heterocycles. The standard InChI is InChI=1S/C15H16N2O4S/c1-9-2-3-11-10(16-9)8-12(21-11)13(18)17-15(14(19)20)4-6-22-7-5-15/h2-3,8H,4-7H2,1H3,(H,17,18)(H,19,20). The molecule has 1 aliphatic heterocycles. The molecule has 0 aliphatic carbocycles. The predicted molar refractivity (Wildman–Crippen MR) is 83.1 cm³/mol. The second-order valence-corrected chi connectivity index (χ2v) is 6.63. The van der Waals surface area contributed by atoms with Crippen LogP contribution in [-0.4, -0.2) is 39.0 Å². The molecule has 0 atom stereocenters. The normalized spacial score (nSPS) is 17.3. The van der Waals surface area contributed by atoms with Crippen LogP contribution in [0.25, 0.3) is 11.1 Å². The topological polar surface area (TPSA) is 92.4 Å². The van der Waals surface area contributed by atoms with Crippen molar-refractivity contribution >= 4 is 34.7 Å². The van der Waals surface area contributed by atoms with Gasteiger partial charge in [0.15, 0.2) is 11.3 Å². The van der Waals surface area contributed by atoms with Gasteiger partial charge in [0.1, 0.15) is 11.1 Å². The van der Waals surface area contributed by atoms with Crippen LogP contribution >= 0.6 is 11.8 Å². The minimum absolute atomic E-state index is 0.0898. The third-order valence-corrected chi connectivity index (χ3v) is 4.83. The minimum Gasteiger partial charge on any atom is -0.480 e. The zero-order chi connectivity index (χ0) is 15.7. The summed E-state index contributed by atoms with van der Waals surface area (Å²) < 4.78 is 5.48. The van der Waals surface area contributed by atoms with E-state index < -0.39 is 17.4 Å². The summed E-state index contributed by atoms with van der Waals surface area (Å²) in [6.07, 6.45) is 0.826. The maximum absolute atomic E-state index is 12.4. The molecule has 1 fully saturated rings. The summed E-state index contributed by atoms with van der Waals surface area (Å²) in [7, 11) is 0. The highest BCUT2D eigenvalue weighted by Crippen LogP contribution is 2.28. The number of thioether (sulfide) groups is 1. The lowest BCUT2D eigenvalue weighted by molar-refractivity contribution is -0.144. The van der Waals surface area contributed by atoms with Gasteiger partial charge >= 0.3 is 5.97 Å². The molecular weight excluding hydrogens is 304 g/mol. The van der Waals surface area contributed by atoms with Gasteiger partial charge in [-0.2, -0.15) is 11.8 Å². The van der Waals surface area contributed by atoms with Crippen LogP contribution in [-0.2, 0) is 4.79 Å². The summed E-state index contributed by atoms with van der Waals surface area (Å²) in [5.41, 5.74) is 0.726. The van der Waals surface area contributed by atoms with Gasteiger partial charge in [0.05, 0.1) is 0 Å². The molecule has 6 nitrogen and oxygen atoms in total. The monoisotopic (exact) mass is 320 g/mol. The molecule has 2 aromatic heterocycles. The second-order valence-electron chi connectivity index (χ2n) is 5.40. The summed E-state index contributed by atoms with van der Waals surface area (Å²) in [6.45, 7) is 1.85. The smallest absolute Gasteiger partial charge is 0.329 e. The number of nitrogens with one attached hydrogen (secondary N) is 1. The van der Waals surface area contributed by atoms with Gasteiger partial charge in [0.2, 0.25) is 0 Å². The number of furan rings is 1. The number of carbonyl (C=O) groups excluding carboxylic acids is 1. The first-order valence-electron chi connectivity index (χ1n) is 7.01. The van der Waals surface area contributed by atoms with E-state index >= 15 is 0 Å². The SMILES string of the molecule is Cc1ccc2oc(C(=O)NC3(C(=O)O)CCSCC3)cc2n1. The van der Waals surface area contributed by atoms with Crippen LogP contribution in [0.3, 0.4) is 0 Å². The van der Waals surface area contributed by atoms with E-state index in [0.717, 1.165) is 5.69 Å². The fraction of sp³-hybridized carbons (Fsp3) is 0.400. The van der Waals surface area contributed by atoms with Crippen LogP contribution < -0.4 is 5.32 Å². The van der Waals surface area contributed by atoms with E-state index in [1.807, 2.05) is 6.92 Å². The Labute approximate surface area is 131 Å². The van der Waals surface area contributed by atoms with E-state index in [1.54, 1.807) is 30.0 Å². The maximum atomic E-state index is 12.4. The van der Waals surface area contributed by atoms with Gasteiger partial charge in [0, 0.05) is 11.8 Å². The number of hydrogen-bond donors (Lipinski definition) is 2. The highest BCUT2D eigenvalue weighted by Gasteiger charge is 2.41. The molecule has 0 spiro atoms. The molecule has 3 heterocycles. The maximum Gasteiger partial charge on any atom is 0.329 e. The van der Waals surface area contributed by atoms with E-state index in [1.165, 1.54) is 0 Å². The molecule has 1 aliphatic rings. The number of hydrogen-bond acceptors (Lipinski definition) is 5. The van der Waals surface area contributed by atoms with Crippen LogP contribution in [0.4, 0.5) is 0 Å². The lowest BCUT2D eigenvalue weighted by Gasteiger charge is -2.33. The van der Waals surface area contributed by atoms with E-state index in [2.05, 4.69) is 10.3 Å². The Morgan fingerprint density at radius 2 is 2.09 bits per heavy atom. The van der Waals surface area contributed by atoms with Crippen molar-refractivity contribution in [1.82, 2.24) is 10.3 Å². The van der Waals surface area contributed by atoms with E-state index in [-0.39, 0.29) is 5.76 Å². The largest absolute Gasteiger partial charge is 0.480 e. The molecule has 0 unspecified atom stereocenters. The quantitative estimate of drug-likeness (QED) is 0.901. The minimum atomic E-state index is -1.20. The highest BCUT2D eigenvalue weighted by molar-refractivity contribution is 7.99. The molecule has 3 rings (SSSR count). The zero-order valence-electron chi connectivity index (χ0n) is 12.1. The summed E-state index contributed by atoms with van der Waals surface area (Å²) in [4.78, 5) is 28.3. The van der Waals surface area contributed by atoms with Crippen molar-refractivity contribution in [3.63, 3.8) is 0 Å². The molecule has 0 saturated carbocycles. The van der Waals surface area contributed by atoms with E-state index in [0.29, 0.717) is 35.4 Å². The molecule has 2 aromatic rings. The van der Waals surface area contributed by atoms with Crippen LogP contribution in [0.2, 0.25) is 0 Å². The second kappa shape index (κ2) is 5.64. The predicted octanol–water partition coefficient (Wildman–Crippen LogP) is 2.22. The van der Waals surface area contributed by atoms with Gasteiger partial charge in [-0.15, -0.1) is 0 Å². The van der Waals surface area contributed by atoms with Crippen LogP contribution in [0.15, 0.2) is 22.6 Å². The molecule has 2 N–H and O–H groups in total. The molecule has 0 bridgehead atoms. The average Bonchev–Trinajstić information content (AvgIpc) is 2.91. The number of fused-ring (bicyclic) bond motifs is 1. The number of carbonyl (C=O) groups is 2. The zero-order valence-corrected chi connectivity index (χ0v) is 12.9. The molecule has 116 valence electrons. The van der Waals surface area contributed by atoms with Crippen LogP contribution in [0, 0.1) is 6.92 Å². The van der Waals surface area contributed by atoms with Gasteiger partial charge in [-0.1, -0.05) is 0 Å². The summed E-state index contributed by atoms with van der Waals surface area (Å²) in [5.74, 6) is 0.0177. The fourth-order valence-corrected chi connectivity index (χ4v) is 3.72. The van der Waals surface area contributed by atoms with E-state index in [4.69, 9.17) is 4.42 Å². The van der Waals surface area contributed by atoms with Crippen molar-refractivity contribution in [2.75, 3.05) is 11.5 Å². The number of pyridine rings is 1. The van der Waals surface area contributed by atoms with Gasteiger partial charge in [-0.05, 0) is 43.4 Å². The van der Waals surface area contributed by atoms with Crippen molar-refractivity contribution in [2.45, 2.75) is 25.3 Å². The number of rotatable bonds is 3. The number of nitrogens with zero attached hydrogens (tertiary/aromatic N) is 1. The highest BCUT2D eigenvalue weighted by atomic mass is 32.2. The number of amides is 1. The fourth-order valence-electron chi connectivity index (χ4n) is 2.53. The molecule has 7 heteroatoms. The summed E-state index contributed by atoms with van der Waals surface area (Å²) >= 11 is 1.69. The lowest BCUT2D eigenvalue weighted by atomic mass is 9.92. The Bertz CT molecular complexity index is 734. The summed E-state index contributed by atoms with van der Waals surface area (Å²) in [6, 6.07) is 5.09. The molecule has 1 amide bonds. The molecular formula is C15H16N2O4S. The number of aromatic nitrogens is 1. The van der Waals surface area contributed by atoms with Gasteiger partial charge < -0.3 is 14.8 Å². The average molecular weight is 320 g/mol. The van der Waals surface area contributed by atoms with Crippen molar-refractivity contribution in [3.05, 3.63) is 29.7 Å². The number of carboxylic acids is 1. The Morgan fingerprint density at radius 1 is 1.36 bits per heavy atom. The van der Waals surface area contributed by atoms with Gasteiger partial charge in [0.25, 0.3) is 5.91 Å². The Kier molecular flexibility index (Phi) is 3.82. The van der Waals surface area contributed by atoms with E-state index in [9.17, 15) is 14.7 Å². The Morgan fingerprint density at radius 3 is 2.77 bits per heavy atom. The third kappa shape index (κ3) is 2.68. The van der Waals surface area contributed by atoms with Gasteiger partial charge in [-0.3, -0.25) is 4.79 Å².